The minimum absolute atomic E-state index is 0.117. The fourth-order valence-electron chi connectivity index (χ4n) is 1.82. The van der Waals surface area contributed by atoms with E-state index in [0.717, 1.165) is 25.0 Å². The molecule has 0 amide bonds. The minimum Gasteiger partial charge on any atom is -0.506 e. The Morgan fingerprint density at radius 3 is 2.50 bits per heavy atom. The number of aromatic nitrogens is 1. The van der Waals surface area contributed by atoms with Crippen LogP contribution in [0.3, 0.4) is 0 Å². The first-order chi connectivity index (χ1) is 7.65. The van der Waals surface area contributed by atoms with Crippen molar-refractivity contribution in [2.75, 3.05) is 0 Å². The van der Waals surface area contributed by atoms with Crippen LogP contribution in [0.4, 0.5) is 0 Å². The van der Waals surface area contributed by atoms with Crippen molar-refractivity contribution in [1.29, 1.82) is 0 Å². The summed E-state index contributed by atoms with van der Waals surface area (Å²) in [5.41, 5.74) is 8.36. The van der Waals surface area contributed by atoms with Gasteiger partial charge < -0.3 is 15.9 Å². The van der Waals surface area contributed by atoms with Crippen molar-refractivity contribution in [3.8, 4) is 5.75 Å². The lowest BCUT2D eigenvalue weighted by atomic mass is 10.0. The van der Waals surface area contributed by atoms with Gasteiger partial charge >= 0.3 is 0 Å². The average Bonchev–Trinajstić information content (AvgIpc) is 2.29. The number of hydrogen-bond donors (Lipinski definition) is 3. The molecule has 0 aliphatic rings. The topological polar surface area (TPSA) is 79.4 Å². The van der Waals surface area contributed by atoms with Crippen molar-refractivity contribution in [1.82, 2.24) is 4.98 Å². The molecule has 0 spiro atoms. The number of pyridine rings is 1. The molecule has 1 aromatic rings. The Labute approximate surface area is 96.1 Å². The number of hydrogen-bond acceptors (Lipinski definition) is 4. The summed E-state index contributed by atoms with van der Waals surface area (Å²) in [5.74, 6) is 0.117. The summed E-state index contributed by atoms with van der Waals surface area (Å²) in [5, 5.41) is 19.1. The molecule has 0 fully saturated rings. The van der Waals surface area contributed by atoms with Gasteiger partial charge in [-0.2, -0.15) is 0 Å². The summed E-state index contributed by atoms with van der Waals surface area (Å²) in [6.07, 6.45) is 2.92. The molecule has 0 saturated heterocycles. The van der Waals surface area contributed by atoms with Crippen LogP contribution in [-0.4, -0.2) is 15.2 Å². The Balaban J connectivity index is 3.20. The Hall–Kier alpha value is -1.13. The molecule has 4 heteroatoms. The summed E-state index contributed by atoms with van der Waals surface area (Å²) < 4.78 is 0. The third-order valence-electron chi connectivity index (χ3n) is 2.77. The number of aryl methyl sites for hydroxylation is 2. The first-order valence-corrected chi connectivity index (χ1v) is 5.66. The van der Waals surface area contributed by atoms with E-state index in [1.807, 2.05) is 0 Å². The fourth-order valence-corrected chi connectivity index (χ4v) is 1.82. The van der Waals surface area contributed by atoms with Crippen molar-refractivity contribution in [2.24, 2.45) is 5.73 Å². The highest BCUT2D eigenvalue weighted by Gasteiger charge is 2.15. The van der Waals surface area contributed by atoms with Gasteiger partial charge in [0.1, 0.15) is 5.75 Å². The molecule has 0 unspecified atom stereocenters. The van der Waals surface area contributed by atoms with Crippen LogP contribution in [0.15, 0.2) is 0 Å². The lowest BCUT2D eigenvalue weighted by molar-refractivity contribution is 0.277. The Morgan fingerprint density at radius 1 is 1.31 bits per heavy atom. The SMILES string of the molecule is CCCCc1nc(C)c(O)c(CN)c1CO. The molecule has 1 aromatic heterocycles. The van der Waals surface area contributed by atoms with Gasteiger partial charge in [-0.1, -0.05) is 13.3 Å². The van der Waals surface area contributed by atoms with Gasteiger partial charge in [0.15, 0.2) is 0 Å². The second-order valence-corrected chi connectivity index (χ2v) is 3.92. The lowest BCUT2D eigenvalue weighted by Gasteiger charge is -2.14. The number of rotatable bonds is 5. The fraction of sp³-hybridized carbons (Fsp3) is 0.583. The smallest absolute Gasteiger partial charge is 0.141 e. The molecule has 0 aromatic carbocycles. The van der Waals surface area contributed by atoms with E-state index < -0.39 is 0 Å². The van der Waals surface area contributed by atoms with E-state index in [0.29, 0.717) is 16.8 Å². The van der Waals surface area contributed by atoms with E-state index in [1.54, 1.807) is 6.92 Å². The molecule has 4 nitrogen and oxygen atoms in total. The maximum Gasteiger partial charge on any atom is 0.141 e. The molecule has 16 heavy (non-hydrogen) atoms. The van der Waals surface area contributed by atoms with E-state index in [9.17, 15) is 10.2 Å². The van der Waals surface area contributed by atoms with E-state index in [4.69, 9.17) is 5.73 Å². The number of unbranched alkanes of at least 4 members (excludes halogenated alkanes) is 1. The quantitative estimate of drug-likeness (QED) is 0.706. The summed E-state index contributed by atoms with van der Waals surface area (Å²) in [6, 6.07) is 0. The van der Waals surface area contributed by atoms with Gasteiger partial charge in [-0.05, 0) is 19.8 Å². The monoisotopic (exact) mass is 224 g/mol. The largest absolute Gasteiger partial charge is 0.506 e. The molecule has 90 valence electrons. The lowest BCUT2D eigenvalue weighted by Crippen LogP contribution is -2.09. The van der Waals surface area contributed by atoms with Crippen molar-refractivity contribution in [2.45, 2.75) is 46.3 Å². The molecule has 1 rings (SSSR count). The van der Waals surface area contributed by atoms with Gasteiger partial charge in [-0.25, -0.2) is 0 Å². The molecule has 0 radical (unpaired) electrons. The molecule has 0 saturated carbocycles. The summed E-state index contributed by atoms with van der Waals surface area (Å²) in [7, 11) is 0. The van der Waals surface area contributed by atoms with Crippen LogP contribution in [0.1, 0.15) is 42.3 Å². The van der Waals surface area contributed by atoms with E-state index in [1.165, 1.54) is 0 Å². The normalized spacial score (nSPS) is 10.8. The van der Waals surface area contributed by atoms with Crippen molar-refractivity contribution in [3.05, 3.63) is 22.5 Å². The zero-order chi connectivity index (χ0) is 12.1. The van der Waals surface area contributed by atoms with Crippen LogP contribution >= 0.6 is 0 Å². The van der Waals surface area contributed by atoms with Crippen molar-refractivity contribution in [3.63, 3.8) is 0 Å². The highest BCUT2D eigenvalue weighted by Crippen LogP contribution is 2.27. The molecule has 0 bridgehead atoms. The molecule has 0 aliphatic carbocycles. The van der Waals surface area contributed by atoms with Crippen LogP contribution < -0.4 is 5.73 Å². The first-order valence-electron chi connectivity index (χ1n) is 5.66. The third kappa shape index (κ3) is 2.51. The van der Waals surface area contributed by atoms with Gasteiger partial charge in [0.25, 0.3) is 0 Å². The maximum absolute atomic E-state index is 9.81. The molecular formula is C12H20N2O2. The number of nitrogens with zero attached hydrogens (tertiary/aromatic N) is 1. The number of nitrogens with two attached hydrogens (primary N) is 1. The van der Waals surface area contributed by atoms with Crippen LogP contribution in [0, 0.1) is 6.92 Å². The Bertz CT molecular complexity index is 365. The molecule has 0 atom stereocenters. The summed E-state index contributed by atoms with van der Waals surface area (Å²) in [4.78, 5) is 4.32. The second kappa shape index (κ2) is 5.82. The second-order valence-electron chi connectivity index (χ2n) is 3.92. The predicted octanol–water partition coefficient (Wildman–Crippen LogP) is 1.39. The highest BCUT2D eigenvalue weighted by atomic mass is 16.3. The molecule has 1 heterocycles. The Morgan fingerprint density at radius 2 is 2.00 bits per heavy atom. The zero-order valence-corrected chi connectivity index (χ0v) is 9.95. The van der Waals surface area contributed by atoms with Gasteiger partial charge in [-0.15, -0.1) is 0 Å². The van der Waals surface area contributed by atoms with Crippen molar-refractivity contribution >= 4 is 0 Å². The third-order valence-corrected chi connectivity index (χ3v) is 2.77. The van der Waals surface area contributed by atoms with Gasteiger partial charge in [0, 0.05) is 23.4 Å². The van der Waals surface area contributed by atoms with E-state index >= 15 is 0 Å². The molecular weight excluding hydrogens is 204 g/mol. The minimum atomic E-state index is -0.119. The summed E-state index contributed by atoms with van der Waals surface area (Å²) in [6.45, 7) is 3.97. The van der Waals surface area contributed by atoms with Gasteiger partial charge in [0.05, 0.1) is 12.3 Å². The van der Waals surface area contributed by atoms with Gasteiger partial charge in [-0.3, -0.25) is 4.98 Å². The number of aromatic hydroxyl groups is 1. The standard InChI is InChI=1S/C12H20N2O2/c1-3-4-5-11-10(7-15)9(6-13)12(16)8(2)14-11/h15-16H,3-7,13H2,1-2H3. The maximum atomic E-state index is 9.81. The zero-order valence-electron chi connectivity index (χ0n) is 9.95. The van der Waals surface area contributed by atoms with Crippen LogP contribution in [0.2, 0.25) is 0 Å². The molecule has 0 aliphatic heterocycles. The van der Waals surface area contributed by atoms with Crippen LogP contribution in [0.25, 0.3) is 0 Å². The van der Waals surface area contributed by atoms with Gasteiger partial charge in [0.2, 0.25) is 0 Å². The van der Waals surface area contributed by atoms with Crippen LogP contribution in [0.5, 0.6) is 5.75 Å². The Kier molecular flexibility index (Phi) is 4.71. The molecule has 4 N–H and O–H groups in total. The van der Waals surface area contributed by atoms with E-state index in [2.05, 4.69) is 11.9 Å². The number of aliphatic hydroxyl groups excluding tert-OH is 1. The summed E-state index contributed by atoms with van der Waals surface area (Å²) >= 11 is 0. The highest BCUT2D eigenvalue weighted by molar-refractivity contribution is 5.44. The predicted molar refractivity (Wildman–Crippen MR) is 63.1 cm³/mol. The van der Waals surface area contributed by atoms with Crippen molar-refractivity contribution < 1.29 is 10.2 Å². The number of aliphatic hydroxyl groups is 1. The van der Waals surface area contributed by atoms with Crippen LogP contribution in [-0.2, 0) is 19.6 Å². The van der Waals surface area contributed by atoms with E-state index in [-0.39, 0.29) is 18.9 Å². The average molecular weight is 224 g/mol. The first kappa shape index (κ1) is 12.9.